The molecule has 24 heavy (non-hydrogen) atoms. The van der Waals surface area contributed by atoms with Crippen LogP contribution < -0.4 is 0 Å². The molecule has 4 heterocycles. The van der Waals surface area contributed by atoms with Gasteiger partial charge < -0.3 is 9.80 Å². The van der Waals surface area contributed by atoms with Gasteiger partial charge in [-0.2, -0.15) is 0 Å². The number of fused-ring (bicyclic) bond motifs is 4. The molecule has 132 valence electrons. The molecule has 3 aliphatic rings. The first-order chi connectivity index (χ1) is 11.6. The molecule has 4 rings (SSSR count). The maximum Gasteiger partial charge on any atom is 0.228 e. The molecule has 0 aromatic carbocycles. The Balaban J connectivity index is 1.66. The topological polar surface area (TPSA) is 53.5 Å². The number of carbonyl (C=O) groups excluding carboxylic acids is 2. The van der Waals surface area contributed by atoms with Gasteiger partial charge in [-0.3, -0.25) is 9.59 Å². The summed E-state index contributed by atoms with van der Waals surface area (Å²) >= 11 is 3.32. The maximum atomic E-state index is 12.7. The summed E-state index contributed by atoms with van der Waals surface area (Å²) in [6.07, 6.45) is 3.26. The Kier molecular flexibility index (Phi) is 5.81. The molecule has 5 nitrogen and oxygen atoms in total. The predicted octanol–water partition coefficient (Wildman–Crippen LogP) is 2.66. The maximum absolute atomic E-state index is 12.7. The molecule has 1 aromatic rings. The first-order valence-electron chi connectivity index (χ1n) is 8.77. The van der Waals surface area contributed by atoms with Gasteiger partial charge in [0.1, 0.15) is 4.34 Å². The quantitative estimate of drug-likeness (QED) is 0.726. The highest BCUT2D eigenvalue weighted by Gasteiger charge is 2.41. The third-order valence-electron chi connectivity index (χ3n) is 4.74. The van der Waals surface area contributed by atoms with Crippen LogP contribution in [0.25, 0.3) is 0 Å². The number of thioether (sulfide) groups is 1. The van der Waals surface area contributed by atoms with Crippen LogP contribution in [0.3, 0.4) is 0 Å². The average molecular weight is 368 g/mol. The Labute approximate surface area is 151 Å². The van der Waals surface area contributed by atoms with Gasteiger partial charge in [-0.15, -0.1) is 11.3 Å². The second-order valence-electron chi connectivity index (χ2n) is 6.47. The third-order valence-corrected chi connectivity index (χ3v) is 6.69. The molecule has 1 aromatic heterocycles. The third kappa shape index (κ3) is 3.77. The number of rotatable bonds is 6. The Hall–Kier alpha value is -1.08. The number of hydrogen-bond acceptors (Lipinski definition) is 5. The molecule has 0 saturated carbocycles. The van der Waals surface area contributed by atoms with Crippen molar-refractivity contribution in [3.8, 4) is 0 Å². The van der Waals surface area contributed by atoms with E-state index in [1.807, 2.05) is 15.2 Å². The van der Waals surface area contributed by atoms with Crippen LogP contribution in [0.15, 0.2) is 9.72 Å². The minimum atomic E-state index is -0.0131. The number of aromatic nitrogens is 1. The molecule has 2 amide bonds. The molecule has 3 fully saturated rings. The highest BCUT2D eigenvalue weighted by atomic mass is 32.2. The number of hydrogen-bond donors (Lipinski definition) is 0. The second-order valence-corrected chi connectivity index (χ2v) is 8.84. The van der Waals surface area contributed by atoms with Gasteiger partial charge in [0, 0.05) is 31.1 Å². The van der Waals surface area contributed by atoms with Crippen LogP contribution >= 0.6 is 23.1 Å². The lowest BCUT2D eigenvalue weighted by molar-refractivity contribution is -0.139. The number of amides is 2. The lowest BCUT2D eigenvalue weighted by Crippen LogP contribution is -2.48. The fourth-order valence-electron chi connectivity index (χ4n) is 3.60. The van der Waals surface area contributed by atoms with Gasteiger partial charge >= 0.3 is 0 Å². The van der Waals surface area contributed by atoms with Crippen molar-refractivity contribution in [2.75, 3.05) is 25.4 Å². The molecular weight excluding hydrogens is 342 g/mol. The van der Waals surface area contributed by atoms with E-state index in [4.69, 9.17) is 0 Å². The number of thiazole rings is 1. The molecule has 0 radical (unpaired) electrons. The van der Waals surface area contributed by atoms with Gasteiger partial charge in [0.25, 0.3) is 0 Å². The molecular formula is C17H25N3O2S2. The van der Waals surface area contributed by atoms with Crippen LogP contribution in [0, 0.1) is 5.92 Å². The first kappa shape index (κ1) is 17.7. The number of piperidine rings is 1. The van der Waals surface area contributed by atoms with Crippen molar-refractivity contribution < 1.29 is 9.59 Å². The molecule has 7 heteroatoms. The molecule has 3 aliphatic heterocycles. The summed E-state index contributed by atoms with van der Waals surface area (Å²) in [7, 11) is 0. The Bertz CT molecular complexity index is 604. The Morgan fingerprint density at radius 1 is 1.38 bits per heavy atom. The molecule has 0 aliphatic carbocycles. The molecule has 0 unspecified atom stereocenters. The van der Waals surface area contributed by atoms with E-state index in [-0.39, 0.29) is 23.8 Å². The van der Waals surface area contributed by atoms with Gasteiger partial charge in [-0.1, -0.05) is 25.6 Å². The summed E-state index contributed by atoms with van der Waals surface area (Å²) in [6, 6.07) is 0.196. The SMILES string of the molecule is CCCN1C(=O)[C@@H]2CC[C@H]1CN(C(=O)Cc1csc(SCC)n1)C2. The van der Waals surface area contributed by atoms with Crippen LogP contribution in [0.4, 0.5) is 0 Å². The summed E-state index contributed by atoms with van der Waals surface area (Å²) in [5.74, 6) is 1.34. The highest BCUT2D eigenvalue weighted by molar-refractivity contribution is 8.00. The summed E-state index contributed by atoms with van der Waals surface area (Å²) in [5.41, 5.74) is 0.856. The van der Waals surface area contributed by atoms with E-state index in [9.17, 15) is 9.59 Å². The van der Waals surface area contributed by atoms with Gasteiger partial charge in [0.05, 0.1) is 18.0 Å². The van der Waals surface area contributed by atoms with E-state index < -0.39 is 0 Å². The van der Waals surface area contributed by atoms with Crippen LogP contribution in [-0.2, 0) is 16.0 Å². The number of nitrogens with zero attached hydrogens (tertiary/aromatic N) is 3. The zero-order chi connectivity index (χ0) is 17.1. The average Bonchev–Trinajstić information content (AvgIpc) is 2.81. The van der Waals surface area contributed by atoms with Crippen LogP contribution in [0.1, 0.15) is 38.8 Å². The van der Waals surface area contributed by atoms with Crippen LogP contribution in [0.5, 0.6) is 0 Å². The first-order valence-corrected chi connectivity index (χ1v) is 10.6. The minimum Gasteiger partial charge on any atom is -0.339 e. The van der Waals surface area contributed by atoms with E-state index >= 15 is 0 Å². The second kappa shape index (κ2) is 7.87. The molecule has 3 saturated heterocycles. The minimum absolute atomic E-state index is 0.0131. The fourth-order valence-corrected chi connectivity index (χ4v) is 5.35. The zero-order valence-electron chi connectivity index (χ0n) is 14.4. The van der Waals surface area contributed by atoms with Crippen molar-refractivity contribution in [1.82, 2.24) is 14.8 Å². The van der Waals surface area contributed by atoms with Gasteiger partial charge in [-0.25, -0.2) is 4.98 Å². The normalized spacial score (nSPS) is 23.7. The van der Waals surface area contributed by atoms with Gasteiger partial charge in [-0.05, 0) is 25.0 Å². The van der Waals surface area contributed by atoms with Crippen molar-refractivity contribution in [3.05, 3.63) is 11.1 Å². The van der Waals surface area contributed by atoms with E-state index in [1.54, 1.807) is 23.1 Å². The summed E-state index contributed by atoms with van der Waals surface area (Å²) < 4.78 is 1.03. The van der Waals surface area contributed by atoms with Gasteiger partial charge in [0.15, 0.2) is 0 Å². The Morgan fingerprint density at radius 2 is 2.21 bits per heavy atom. The van der Waals surface area contributed by atoms with E-state index in [0.29, 0.717) is 19.5 Å². The van der Waals surface area contributed by atoms with E-state index in [0.717, 1.165) is 41.6 Å². The van der Waals surface area contributed by atoms with E-state index in [2.05, 4.69) is 18.8 Å². The van der Waals surface area contributed by atoms with Crippen molar-refractivity contribution in [3.63, 3.8) is 0 Å². The lowest BCUT2D eigenvalue weighted by atomic mass is 9.94. The summed E-state index contributed by atoms with van der Waals surface area (Å²) in [5, 5.41) is 1.98. The van der Waals surface area contributed by atoms with Crippen LogP contribution in [0.2, 0.25) is 0 Å². The Morgan fingerprint density at radius 3 is 2.96 bits per heavy atom. The zero-order valence-corrected chi connectivity index (χ0v) is 16.0. The standard InChI is InChI=1S/C17H25N3O2S2/c1-3-7-20-14-6-5-12(16(20)22)9-19(10-14)15(21)8-13-11-24-17(18-13)23-4-2/h11-12,14H,3-10H2,1-2H3/t12-,14+/m1/s1. The van der Waals surface area contributed by atoms with Crippen molar-refractivity contribution in [2.24, 2.45) is 5.92 Å². The molecule has 2 atom stereocenters. The fraction of sp³-hybridized carbons (Fsp3) is 0.706. The molecule has 0 spiro atoms. The van der Waals surface area contributed by atoms with E-state index in [1.165, 1.54) is 0 Å². The molecule has 2 bridgehead atoms. The van der Waals surface area contributed by atoms with Crippen LogP contribution in [-0.4, -0.2) is 58.0 Å². The predicted molar refractivity (Wildman–Crippen MR) is 97.3 cm³/mol. The van der Waals surface area contributed by atoms with Crippen molar-refractivity contribution in [2.45, 2.75) is 49.9 Å². The smallest absolute Gasteiger partial charge is 0.228 e. The summed E-state index contributed by atoms with van der Waals surface area (Å²) in [6.45, 7) is 6.27. The molecule has 0 N–H and O–H groups in total. The highest BCUT2D eigenvalue weighted by Crippen LogP contribution is 2.30. The monoisotopic (exact) mass is 367 g/mol. The number of carbonyl (C=O) groups is 2. The lowest BCUT2D eigenvalue weighted by Gasteiger charge is -2.35. The van der Waals surface area contributed by atoms with Crippen molar-refractivity contribution >= 4 is 34.9 Å². The summed E-state index contributed by atoms with van der Waals surface area (Å²) in [4.78, 5) is 33.8. The van der Waals surface area contributed by atoms with Gasteiger partial charge in [0.2, 0.25) is 11.8 Å². The largest absolute Gasteiger partial charge is 0.339 e. The van der Waals surface area contributed by atoms with Crippen molar-refractivity contribution in [1.29, 1.82) is 0 Å².